The number of aromatic nitrogens is 1. The Labute approximate surface area is 90.3 Å². The monoisotopic (exact) mass is 206 g/mol. The van der Waals surface area contributed by atoms with E-state index in [-0.39, 0.29) is 0 Å². The topological polar surface area (TPSA) is 38.1 Å². The molecule has 0 atom stereocenters. The quantitative estimate of drug-likeness (QED) is 0.807. The molecule has 2 heterocycles. The number of hydrogen-bond donors (Lipinski definition) is 1. The number of nitrogens with zero attached hydrogens (tertiary/aromatic N) is 1. The summed E-state index contributed by atoms with van der Waals surface area (Å²) in [5.74, 6) is 3.35. The van der Waals surface area contributed by atoms with Gasteiger partial charge in [0.15, 0.2) is 5.89 Å². The van der Waals surface area contributed by atoms with Crippen LogP contribution in [0.4, 0.5) is 0 Å². The standard InChI is InChI=1S/C12H18N2O/c1-2-9(3-1)11-8-14-12(15-11)10-4-6-13-7-5-10/h8-10,13H,1-7H2. The van der Waals surface area contributed by atoms with Gasteiger partial charge in [-0.05, 0) is 38.8 Å². The molecule has 2 aliphatic rings. The fraction of sp³-hybridized carbons (Fsp3) is 0.750. The zero-order valence-corrected chi connectivity index (χ0v) is 9.04. The minimum absolute atomic E-state index is 0.556. The molecule has 0 radical (unpaired) electrons. The predicted octanol–water partition coefficient (Wildman–Crippen LogP) is 2.41. The van der Waals surface area contributed by atoms with E-state index in [1.807, 2.05) is 6.20 Å². The van der Waals surface area contributed by atoms with E-state index >= 15 is 0 Å². The summed E-state index contributed by atoms with van der Waals surface area (Å²) in [5.41, 5.74) is 0. The SMILES string of the molecule is c1nc(C2CCNCC2)oc1C1CCC1. The van der Waals surface area contributed by atoms with Crippen LogP contribution in [-0.4, -0.2) is 18.1 Å². The molecular formula is C12H18N2O. The summed E-state index contributed by atoms with van der Waals surface area (Å²) in [6.45, 7) is 2.21. The predicted molar refractivity (Wildman–Crippen MR) is 57.9 cm³/mol. The van der Waals surface area contributed by atoms with Gasteiger partial charge in [0.2, 0.25) is 0 Å². The molecule has 3 rings (SSSR count). The minimum Gasteiger partial charge on any atom is -0.445 e. The first kappa shape index (κ1) is 9.40. The van der Waals surface area contributed by atoms with Crippen LogP contribution in [0.2, 0.25) is 0 Å². The zero-order chi connectivity index (χ0) is 10.1. The summed E-state index contributed by atoms with van der Waals surface area (Å²) < 4.78 is 5.89. The van der Waals surface area contributed by atoms with Crippen molar-refractivity contribution in [1.82, 2.24) is 10.3 Å². The van der Waals surface area contributed by atoms with Crippen LogP contribution in [0.5, 0.6) is 0 Å². The van der Waals surface area contributed by atoms with Gasteiger partial charge >= 0.3 is 0 Å². The molecule has 0 unspecified atom stereocenters. The molecule has 0 amide bonds. The normalized spacial score (nSPS) is 24.0. The van der Waals surface area contributed by atoms with Crippen LogP contribution in [0, 0.1) is 0 Å². The fourth-order valence-electron chi connectivity index (χ4n) is 2.44. The molecule has 3 heteroatoms. The van der Waals surface area contributed by atoms with Crippen molar-refractivity contribution in [3.8, 4) is 0 Å². The zero-order valence-electron chi connectivity index (χ0n) is 9.04. The minimum atomic E-state index is 0.556. The third-order valence-corrected chi connectivity index (χ3v) is 3.74. The number of oxazole rings is 1. The third-order valence-electron chi connectivity index (χ3n) is 3.74. The summed E-state index contributed by atoms with van der Waals surface area (Å²) in [6, 6.07) is 0. The first-order valence-corrected chi connectivity index (χ1v) is 6.10. The van der Waals surface area contributed by atoms with Gasteiger partial charge in [0.25, 0.3) is 0 Å². The highest BCUT2D eigenvalue weighted by Gasteiger charge is 2.26. The Kier molecular flexibility index (Phi) is 2.49. The Hall–Kier alpha value is -0.830. The summed E-state index contributed by atoms with van der Waals surface area (Å²) in [6.07, 6.45) is 8.24. The molecule has 15 heavy (non-hydrogen) atoms. The second-order valence-electron chi connectivity index (χ2n) is 4.75. The molecule has 1 N–H and O–H groups in total. The van der Waals surface area contributed by atoms with Gasteiger partial charge in [0.05, 0.1) is 6.20 Å². The largest absolute Gasteiger partial charge is 0.445 e. The summed E-state index contributed by atoms with van der Waals surface area (Å²) in [4.78, 5) is 4.45. The van der Waals surface area contributed by atoms with Crippen molar-refractivity contribution >= 4 is 0 Å². The summed E-state index contributed by atoms with van der Waals surface area (Å²) in [7, 11) is 0. The number of piperidine rings is 1. The van der Waals surface area contributed by atoms with E-state index in [0.717, 1.165) is 24.7 Å². The van der Waals surface area contributed by atoms with Gasteiger partial charge in [0.1, 0.15) is 5.76 Å². The highest BCUT2D eigenvalue weighted by Crippen LogP contribution is 2.37. The smallest absolute Gasteiger partial charge is 0.197 e. The van der Waals surface area contributed by atoms with Gasteiger partial charge in [0, 0.05) is 11.8 Å². The lowest BCUT2D eigenvalue weighted by atomic mass is 9.84. The molecule has 1 saturated heterocycles. The van der Waals surface area contributed by atoms with Gasteiger partial charge < -0.3 is 9.73 Å². The van der Waals surface area contributed by atoms with Crippen LogP contribution < -0.4 is 5.32 Å². The van der Waals surface area contributed by atoms with E-state index in [4.69, 9.17) is 4.42 Å². The molecule has 3 nitrogen and oxygen atoms in total. The highest BCUT2D eigenvalue weighted by atomic mass is 16.4. The van der Waals surface area contributed by atoms with Gasteiger partial charge in [-0.3, -0.25) is 0 Å². The third kappa shape index (κ3) is 1.81. The lowest BCUT2D eigenvalue weighted by Crippen LogP contribution is -2.26. The number of rotatable bonds is 2. The number of hydrogen-bond acceptors (Lipinski definition) is 3. The van der Waals surface area contributed by atoms with Crippen LogP contribution >= 0.6 is 0 Å². The average Bonchev–Trinajstić information content (AvgIpc) is 2.66. The molecule has 1 aromatic heterocycles. The van der Waals surface area contributed by atoms with Crippen molar-refractivity contribution in [3.05, 3.63) is 17.8 Å². The van der Waals surface area contributed by atoms with Crippen molar-refractivity contribution in [2.45, 2.75) is 43.9 Å². The van der Waals surface area contributed by atoms with Crippen LogP contribution in [-0.2, 0) is 0 Å². The molecular weight excluding hydrogens is 188 g/mol. The fourth-order valence-corrected chi connectivity index (χ4v) is 2.44. The van der Waals surface area contributed by atoms with Crippen molar-refractivity contribution < 1.29 is 4.42 Å². The Balaban J connectivity index is 1.71. The first-order chi connectivity index (χ1) is 7.43. The average molecular weight is 206 g/mol. The van der Waals surface area contributed by atoms with E-state index in [2.05, 4.69) is 10.3 Å². The molecule has 0 bridgehead atoms. The second-order valence-corrected chi connectivity index (χ2v) is 4.75. The second kappa shape index (κ2) is 3.97. The molecule has 0 spiro atoms. The van der Waals surface area contributed by atoms with E-state index in [9.17, 15) is 0 Å². The van der Waals surface area contributed by atoms with Crippen LogP contribution in [0.15, 0.2) is 10.6 Å². The van der Waals surface area contributed by atoms with E-state index < -0.39 is 0 Å². The van der Waals surface area contributed by atoms with E-state index in [1.165, 1.54) is 32.1 Å². The molecule has 0 aromatic carbocycles. The maximum absolute atomic E-state index is 5.89. The Bertz CT molecular complexity index is 324. The lowest BCUT2D eigenvalue weighted by Gasteiger charge is -2.23. The van der Waals surface area contributed by atoms with Crippen molar-refractivity contribution in [3.63, 3.8) is 0 Å². The maximum atomic E-state index is 5.89. The maximum Gasteiger partial charge on any atom is 0.197 e. The Morgan fingerprint density at radius 2 is 1.93 bits per heavy atom. The lowest BCUT2D eigenvalue weighted by molar-refractivity contribution is 0.310. The van der Waals surface area contributed by atoms with Gasteiger partial charge in [-0.15, -0.1) is 0 Å². The van der Waals surface area contributed by atoms with Crippen LogP contribution in [0.25, 0.3) is 0 Å². The molecule has 1 aliphatic heterocycles. The van der Waals surface area contributed by atoms with E-state index in [1.54, 1.807) is 0 Å². The molecule has 82 valence electrons. The van der Waals surface area contributed by atoms with Gasteiger partial charge in [-0.25, -0.2) is 4.98 Å². The molecule has 1 aliphatic carbocycles. The molecule has 2 fully saturated rings. The highest BCUT2D eigenvalue weighted by molar-refractivity contribution is 5.07. The summed E-state index contributed by atoms with van der Waals surface area (Å²) in [5, 5.41) is 3.37. The Morgan fingerprint density at radius 3 is 2.60 bits per heavy atom. The summed E-state index contributed by atoms with van der Waals surface area (Å²) >= 11 is 0. The molecule has 1 saturated carbocycles. The van der Waals surface area contributed by atoms with Crippen molar-refractivity contribution in [2.75, 3.05) is 13.1 Å². The van der Waals surface area contributed by atoms with Gasteiger partial charge in [-0.1, -0.05) is 6.42 Å². The molecule has 1 aromatic rings. The Morgan fingerprint density at radius 1 is 1.13 bits per heavy atom. The van der Waals surface area contributed by atoms with Crippen LogP contribution in [0.1, 0.15) is 55.6 Å². The van der Waals surface area contributed by atoms with Crippen molar-refractivity contribution in [1.29, 1.82) is 0 Å². The van der Waals surface area contributed by atoms with Gasteiger partial charge in [-0.2, -0.15) is 0 Å². The number of nitrogens with one attached hydrogen (secondary N) is 1. The van der Waals surface area contributed by atoms with Crippen LogP contribution in [0.3, 0.4) is 0 Å². The van der Waals surface area contributed by atoms with Crippen molar-refractivity contribution in [2.24, 2.45) is 0 Å². The van der Waals surface area contributed by atoms with E-state index in [0.29, 0.717) is 11.8 Å². The first-order valence-electron chi connectivity index (χ1n) is 6.10.